The summed E-state index contributed by atoms with van der Waals surface area (Å²) >= 11 is 1.76. The van der Waals surface area contributed by atoms with Crippen molar-refractivity contribution in [3.05, 3.63) is 24.4 Å². The molecule has 0 saturated carbocycles. The van der Waals surface area contributed by atoms with E-state index in [4.69, 9.17) is 0 Å². The highest BCUT2D eigenvalue weighted by atomic mass is 32.2. The molecule has 0 aliphatic heterocycles. The quantitative estimate of drug-likeness (QED) is 0.630. The lowest BCUT2D eigenvalue weighted by atomic mass is 10.4. The average molecular weight is 250 g/mol. The second-order valence-corrected chi connectivity index (χ2v) is 5.28. The molecule has 5 heteroatoms. The van der Waals surface area contributed by atoms with E-state index in [-0.39, 0.29) is 0 Å². The molecular weight excluding hydrogens is 232 g/mol. The molecule has 0 amide bonds. The van der Waals surface area contributed by atoms with Gasteiger partial charge in [0, 0.05) is 18.0 Å². The molecule has 2 heterocycles. The Balaban J connectivity index is 1.83. The molecule has 0 radical (unpaired) electrons. The molecule has 0 spiro atoms. The highest BCUT2D eigenvalue weighted by molar-refractivity contribution is 7.99. The number of fused-ring (bicyclic) bond motifs is 1. The molecular formula is C12H18N4S. The fourth-order valence-corrected chi connectivity index (χ4v) is 2.41. The Labute approximate surface area is 106 Å². The van der Waals surface area contributed by atoms with Crippen LogP contribution in [0, 0.1) is 0 Å². The molecule has 2 aromatic heterocycles. The molecule has 1 N–H and O–H groups in total. The summed E-state index contributed by atoms with van der Waals surface area (Å²) in [5.74, 6) is 1.06. The predicted molar refractivity (Wildman–Crippen MR) is 71.5 cm³/mol. The van der Waals surface area contributed by atoms with Gasteiger partial charge < -0.3 is 5.32 Å². The third-order valence-corrected chi connectivity index (χ3v) is 3.42. The highest BCUT2D eigenvalue weighted by Crippen LogP contribution is 2.16. The monoisotopic (exact) mass is 250 g/mol. The van der Waals surface area contributed by atoms with Crippen molar-refractivity contribution >= 4 is 17.4 Å². The predicted octanol–water partition coefficient (Wildman–Crippen LogP) is 2.21. The second-order valence-electron chi connectivity index (χ2n) is 4.22. The minimum absolute atomic E-state index is 0.564. The van der Waals surface area contributed by atoms with E-state index in [1.165, 1.54) is 0 Å². The first-order valence-corrected chi connectivity index (χ1v) is 6.92. The van der Waals surface area contributed by atoms with E-state index in [9.17, 15) is 0 Å². The number of nitrogens with one attached hydrogen (secondary N) is 1. The van der Waals surface area contributed by atoms with E-state index >= 15 is 0 Å². The molecule has 0 saturated heterocycles. The van der Waals surface area contributed by atoms with Gasteiger partial charge in [-0.15, -0.1) is 10.2 Å². The van der Waals surface area contributed by atoms with Crippen LogP contribution in [0.5, 0.6) is 0 Å². The Kier molecular flexibility index (Phi) is 4.39. The molecule has 2 aromatic rings. The van der Waals surface area contributed by atoms with E-state index in [1.54, 1.807) is 11.8 Å². The lowest BCUT2D eigenvalue weighted by Crippen LogP contribution is -2.23. The van der Waals surface area contributed by atoms with Crippen molar-refractivity contribution in [2.24, 2.45) is 0 Å². The number of nitrogens with zero attached hydrogens (tertiary/aromatic N) is 3. The number of hydrogen-bond acceptors (Lipinski definition) is 4. The van der Waals surface area contributed by atoms with Gasteiger partial charge in [-0.25, -0.2) is 0 Å². The summed E-state index contributed by atoms with van der Waals surface area (Å²) in [7, 11) is 0. The van der Waals surface area contributed by atoms with Crippen molar-refractivity contribution in [2.45, 2.75) is 31.5 Å². The molecule has 0 atom stereocenters. The van der Waals surface area contributed by atoms with Crippen LogP contribution in [-0.2, 0) is 0 Å². The van der Waals surface area contributed by atoms with Gasteiger partial charge in [0.05, 0.1) is 0 Å². The number of aromatic nitrogens is 3. The van der Waals surface area contributed by atoms with Gasteiger partial charge in [0.25, 0.3) is 0 Å². The Morgan fingerprint density at radius 3 is 3.06 bits per heavy atom. The van der Waals surface area contributed by atoms with Crippen LogP contribution >= 0.6 is 11.8 Å². The zero-order chi connectivity index (χ0) is 12.1. The third-order valence-electron chi connectivity index (χ3n) is 2.39. The topological polar surface area (TPSA) is 42.2 Å². The van der Waals surface area contributed by atoms with Crippen molar-refractivity contribution < 1.29 is 0 Å². The molecule has 4 nitrogen and oxygen atoms in total. The molecule has 92 valence electrons. The molecule has 0 fully saturated rings. The largest absolute Gasteiger partial charge is 0.315 e. The molecule has 17 heavy (non-hydrogen) atoms. The summed E-state index contributed by atoms with van der Waals surface area (Å²) in [6.45, 7) is 5.39. The van der Waals surface area contributed by atoms with Gasteiger partial charge in [0.2, 0.25) is 0 Å². The molecule has 2 rings (SSSR count). The van der Waals surface area contributed by atoms with Crippen LogP contribution in [-0.4, -0.2) is 32.9 Å². The van der Waals surface area contributed by atoms with Crippen molar-refractivity contribution in [3.8, 4) is 0 Å². The Hall–Kier alpha value is -1.07. The summed E-state index contributed by atoms with van der Waals surface area (Å²) in [4.78, 5) is 0. The third kappa shape index (κ3) is 3.44. The smallest absolute Gasteiger partial charge is 0.195 e. The molecule has 0 aliphatic carbocycles. The lowest BCUT2D eigenvalue weighted by Gasteiger charge is -2.06. The SMILES string of the molecule is CC(C)NCCCSc1nnc2ccccn12. The molecule has 0 aromatic carbocycles. The zero-order valence-electron chi connectivity index (χ0n) is 10.3. The fraction of sp³-hybridized carbons (Fsp3) is 0.500. The number of hydrogen-bond donors (Lipinski definition) is 1. The maximum absolute atomic E-state index is 4.18. The van der Waals surface area contributed by atoms with Crippen molar-refractivity contribution in [2.75, 3.05) is 12.3 Å². The van der Waals surface area contributed by atoms with Crippen molar-refractivity contribution in [3.63, 3.8) is 0 Å². The Bertz CT molecular complexity index is 466. The van der Waals surface area contributed by atoms with Crippen LogP contribution in [0.3, 0.4) is 0 Å². The van der Waals surface area contributed by atoms with Crippen LogP contribution in [0.25, 0.3) is 5.65 Å². The maximum atomic E-state index is 4.18. The standard InChI is InChI=1S/C12H18N4S/c1-10(2)13-7-5-9-17-12-15-14-11-6-3-4-8-16(11)12/h3-4,6,8,10,13H,5,7,9H2,1-2H3. The van der Waals surface area contributed by atoms with Gasteiger partial charge in [-0.05, 0) is 25.1 Å². The van der Waals surface area contributed by atoms with Gasteiger partial charge in [-0.2, -0.15) is 0 Å². The van der Waals surface area contributed by atoms with Gasteiger partial charge in [-0.1, -0.05) is 31.7 Å². The Morgan fingerprint density at radius 2 is 2.24 bits per heavy atom. The number of rotatable bonds is 6. The van der Waals surface area contributed by atoms with Gasteiger partial charge in [0.15, 0.2) is 10.8 Å². The normalized spacial score (nSPS) is 11.5. The first-order chi connectivity index (χ1) is 8.27. The molecule has 0 aliphatic rings. The highest BCUT2D eigenvalue weighted by Gasteiger charge is 2.04. The van der Waals surface area contributed by atoms with E-state index < -0.39 is 0 Å². The summed E-state index contributed by atoms with van der Waals surface area (Å²) in [6, 6.07) is 6.51. The van der Waals surface area contributed by atoms with Gasteiger partial charge >= 0.3 is 0 Å². The van der Waals surface area contributed by atoms with Crippen LogP contribution < -0.4 is 5.32 Å². The van der Waals surface area contributed by atoms with Crippen LogP contribution in [0.2, 0.25) is 0 Å². The summed E-state index contributed by atoms with van der Waals surface area (Å²) < 4.78 is 2.03. The van der Waals surface area contributed by atoms with E-state index in [0.717, 1.165) is 29.5 Å². The van der Waals surface area contributed by atoms with Crippen LogP contribution in [0.1, 0.15) is 20.3 Å². The van der Waals surface area contributed by atoms with E-state index in [0.29, 0.717) is 6.04 Å². The minimum Gasteiger partial charge on any atom is -0.315 e. The summed E-state index contributed by atoms with van der Waals surface area (Å²) in [5.41, 5.74) is 0.912. The first-order valence-electron chi connectivity index (χ1n) is 5.93. The summed E-state index contributed by atoms with van der Waals surface area (Å²) in [6.07, 6.45) is 3.15. The van der Waals surface area contributed by atoms with Gasteiger partial charge in [0.1, 0.15) is 0 Å². The summed E-state index contributed by atoms with van der Waals surface area (Å²) in [5, 5.41) is 12.7. The Morgan fingerprint density at radius 1 is 1.35 bits per heavy atom. The van der Waals surface area contributed by atoms with Crippen molar-refractivity contribution in [1.29, 1.82) is 0 Å². The maximum Gasteiger partial charge on any atom is 0.195 e. The van der Waals surface area contributed by atoms with Crippen LogP contribution in [0.4, 0.5) is 0 Å². The van der Waals surface area contributed by atoms with E-state index in [1.807, 2.05) is 28.8 Å². The van der Waals surface area contributed by atoms with E-state index in [2.05, 4.69) is 29.4 Å². The van der Waals surface area contributed by atoms with Crippen LogP contribution in [0.15, 0.2) is 29.6 Å². The van der Waals surface area contributed by atoms with Crippen molar-refractivity contribution in [1.82, 2.24) is 19.9 Å². The lowest BCUT2D eigenvalue weighted by molar-refractivity contribution is 0.585. The fourth-order valence-electron chi connectivity index (χ4n) is 1.54. The first kappa shape index (κ1) is 12.4. The second kappa shape index (κ2) is 6.02. The zero-order valence-corrected chi connectivity index (χ0v) is 11.1. The minimum atomic E-state index is 0.564. The average Bonchev–Trinajstić information content (AvgIpc) is 2.72. The molecule has 0 bridgehead atoms. The van der Waals surface area contributed by atoms with Gasteiger partial charge in [-0.3, -0.25) is 4.40 Å². The number of thioether (sulfide) groups is 1. The molecule has 0 unspecified atom stereocenters. The number of pyridine rings is 1.